The number of esters is 1. The minimum Gasteiger partial charge on any atom is -0.481 e. The number of nitrogens with one attached hydrogen (secondary N) is 1. The minimum absolute atomic E-state index is 0.0397. The molecule has 0 saturated carbocycles. The molecule has 0 radical (unpaired) electrons. The second-order valence-corrected chi connectivity index (χ2v) is 12.7. The van der Waals surface area contributed by atoms with Gasteiger partial charge in [0, 0.05) is 37.1 Å². The van der Waals surface area contributed by atoms with Crippen molar-refractivity contribution in [1.29, 1.82) is 0 Å². The number of carbonyl (C=O) groups is 3. The van der Waals surface area contributed by atoms with E-state index in [0.717, 1.165) is 36.1 Å². The lowest BCUT2D eigenvalue weighted by Crippen LogP contribution is -2.45. The van der Waals surface area contributed by atoms with E-state index < -0.39 is 17.9 Å². The number of hydrogen-bond acceptors (Lipinski definition) is 8. The standard InChI is InChI=1S/C34H46N2O8/c1-34(2,3)44-32(41)28-11-8-18-36(28)21-27-20-29(24-16-14-23(22-37)15-17-24)43-33(42-27)25-9-7-10-26(19-25)35-30(38)12-5-4-6-13-31(39)40/h7,9-10,14-17,19,27-29,33,37H,4-6,8,11-13,18,20-22H2,1-3H3,(H,35,38)(H,39,40)/t27-,28+,29+,33+/m1/s1. The van der Waals surface area contributed by atoms with Gasteiger partial charge in [0.05, 0.1) is 18.8 Å². The summed E-state index contributed by atoms with van der Waals surface area (Å²) in [5, 5.41) is 21.2. The molecule has 10 nitrogen and oxygen atoms in total. The van der Waals surface area contributed by atoms with Crippen LogP contribution in [0.2, 0.25) is 0 Å². The zero-order chi connectivity index (χ0) is 31.7. The monoisotopic (exact) mass is 610 g/mol. The number of aliphatic hydroxyl groups excluding tert-OH is 1. The first-order valence-corrected chi connectivity index (χ1v) is 15.6. The maximum Gasteiger partial charge on any atom is 0.323 e. The van der Waals surface area contributed by atoms with Crippen molar-refractivity contribution in [2.45, 2.75) is 109 Å². The number of carboxylic acids is 1. The molecule has 0 spiro atoms. The summed E-state index contributed by atoms with van der Waals surface area (Å²) < 4.78 is 18.7. The van der Waals surface area contributed by atoms with Crippen molar-refractivity contribution in [1.82, 2.24) is 4.90 Å². The third-order valence-corrected chi connectivity index (χ3v) is 7.83. The number of carbonyl (C=O) groups excluding carboxylic acids is 2. The van der Waals surface area contributed by atoms with Gasteiger partial charge in [-0.1, -0.05) is 42.8 Å². The van der Waals surface area contributed by atoms with Gasteiger partial charge in [-0.15, -0.1) is 0 Å². The van der Waals surface area contributed by atoms with Crippen molar-refractivity contribution >= 4 is 23.5 Å². The van der Waals surface area contributed by atoms with Gasteiger partial charge in [0.1, 0.15) is 11.6 Å². The SMILES string of the molecule is CC(C)(C)OC(=O)[C@@H]1CCCN1C[C@H]1C[C@@H](c2ccc(CO)cc2)O[C@@H](c2cccc(NC(=O)CCCCCC(=O)O)c2)O1. The van der Waals surface area contributed by atoms with Crippen LogP contribution in [0.15, 0.2) is 48.5 Å². The lowest BCUT2D eigenvalue weighted by atomic mass is 9.99. The molecule has 2 heterocycles. The van der Waals surface area contributed by atoms with Crippen LogP contribution < -0.4 is 5.32 Å². The van der Waals surface area contributed by atoms with E-state index in [-0.39, 0.29) is 43.2 Å². The molecule has 4 rings (SSSR count). The van der Waals surface area contributed by atoms with Crippen molar-refractivity contribution in [3.8, 4) is 0 Å². The molecule has 0 bridgehead atoms. The molecule has 3 N–H and O–H groups in total. The van der Waals surface area contributed by atoms with Gasteiger partial charge >= 0.3 is 11.9 Å². The predicted molar refractivity (Wildman–Crippen MR) is 165 cm³/mol. The average Bonchev–Trinajstić information content (AvgIpc) is 3.44. The lowest BCUT2D eigenvalue weighted by molar-refractivity contribution is -0.253. The molecule has 2 aliphatic rings. The normalized spacial score (nSPS) is 22.5. The number of carboxylic acid groups (broad SMARTS) is 1. The third-order valence-electron chi connectivity index (χ3n) is 7.83. The number of amides is 1. The van der Waals surface area contributed by atoms with Gasteiger partial charge in [-0.2, -0.15) is 0 Å². The number of hydrogen-bond donors (Lipinski definition) is 3. The van der Waals surface area contributed by atoms with E-state index in [9.17, 15) is 19.5 Å². The molecule has 10 heteroatoms. The van der Waals surface area contributed by atoms with Crippen LogP contribution in [-0.2, 0) is 35.2 Å². The summed E-state index contributed by atoms with van der Waals surface area (Å²) in [5.41, 5.74) is 2.62. The Morgan fingerprint density at radius 2 is 1.75 bits per heavy atom. The van der Waals surface area contributed by atoms with E-state index in [1.807, 2.05) is 69.3 Å². The number of nitrogens with zero attached hydrogens (tertiary/aromatic N) is 1. The van der Waals surface area contributed by atoms with E-state index in [2.05, 4.69) is 10.2 Å². The minimum atomic E-state index is -0.826. The molecule has 240 valence electrons. The molecule has 2 aromatic carbocycles. The average molecular weight is 611 g/mol. The second kappa shape index (κ2) is 15.6. The summed E-state index contributed by atoms with van der Waals surface area (Å²) in [7, 11) is 0. The van der Waals surface area contributed by atoms with Crippen LogP contribution in [0.4, 0.5) is 5.69 Å². The summed E-state index contributed by atoms with van der Waals surface area (Å²) >= 11 is 0. The Hall–Kier alpha value is -3.31. The van der Waals surface area contributed by atoms with Gasteiger partial charge in [0.15, 0.2) is 6.29 Å². The molecule has 1 amide bonds. The van der Waals surface area contributed by atoms with Crippen LogP contribution in [0.1, 0.15) is 101 Å². The Morgan fingerprint density at radius 3 is 2.45 bits per heavy atom. The maximum atomic E-state index is 13.0. The molecule has 0 unspecified atom stereocenters. The highest BCUT2D eigenvalue weighted by Gasteiger charge is 2.39. The zero-order valence-corrected chi connectivity index (χ0v) is 26.0. The van der Waals surface area contributed by atoms with Gasteiger partial charge < -0.3 is 29.7 Å². The van der Waals surface area contributed by atoms with Gasteiger partial charge in [-0.25, -0.2) is 0 Å². The van der Waals surface area contributed by atoms with E-state index in [1.165, 1.54) is 0 Å². The van der Waals surface area contributed by atoms with Crippen LogP contribution in [0.25, 0.3) is 0 Å². The van der Waals surface area contributed by atoms with E-state index in [1.54, 1.807) is 0 Å². The molecular formula is C34H46N2O8. The summed E-state index contributed by atoms with van der Waals surface area (Å²) in [4.78, 5) is 38.4. The van der Waals surface area contributed by atoms with Gasteiger partial charge in [0.2, 0.25) is 5.91 Å². The van der Waals surface area contributed by atoms with E-state index >= 15 is 0 Å². The number of likely N-dealkylation sites (tertiary alicyclic amines) is 1. The quantitative estimate of drug-likeness (QED) is 0.198. The van der Waals surface area contributed by atoms with Gasteiger partial charge in [0.25, 0.3) is 0 Å². The van der Waals surface area contributed by atoms with Crippen molar-refractivity contribution in [2.75, 3.05) is 18.4 Å². The number of rotatable bonds is 13. The zero-order valence-electron chi connectivity index (χ0n) is 26.0. The van der Waals surface area contributed by atoms with Crippen molar-refractivity contribution in [2.24, 2.45) is 0 Å². The Labute approximate surface area is 259 Å². The molecule has 0 aromatic heterocycles. The molecule has 2 aliphatic heterocycles. The fourth-order valence-corrected chi connectivity index (χ4v) is 5.70. The number of ether oxygens (including phenoxy) is 3. The number of unbranched alkanes of at least 4 members (excludes halogenated alkanes) is 2. The molecule has 2 aromatic rings. The highest BCUT2D eigenvalue weighted by molar-refractivity contribution is 5.90. The smallest absolute Gasteiger partial charge is 0.323 e. The van der Waals surface area contributed by atoms with Crippen molar-refractivity contribution in [3.05, 3.63) is 65.2 Å². The molecule has 4 atom stereocenters. The fourth-order valence-electron chi connectivity index (χ4n) is 5.70. The first-order valence-electron chi connectivity index (χ1n) is 15.6. The van der Waals surface area contributed by atoms with Crippen molar-refractivity contribution in [3.63, 3.8) is 0 Å². The molecule has 2 saturated heterocycles. The summed E-state index contributed by atoms with van der Waals surface area (Å²) in [5.74, 6) is -1.17. The predicted octanol–water partition coefficient (Wildman–Crippen LogP) is 5.50. The third kappa shape index (κ3) is 10.1. The van der Waals surface area contributed by atoms with E-state index in [4.69, 9.17) is 19.3 Å². The summed E-state index contributed by atoms with van der Waals surface area (Å²) in [6, 6.07) is 14.8. The summed E-state index contributed by atoms with van der Waals surface area (Å²) in [6.07, 6.45) is 3.29. The maximum absolute atomic E-state index is 13.0. The van der Waals surface area contributed by atoms with Gasteiger partial charge in [-0.05, 0) is 76.3 Å². The Morgan fingerprint density at radius 1 is 1.00 bits per heavy atom. The highest BCUT2D eigenvalue weighted by atomic mass is 16.7. The van der Waals surface area contributed by atoms with E-state index in [0.29, 0.717) is 44.3 Å². The largest absolute Gasteiger partial charge is 0.481 e. The highest BCUT2D eigenvalue weighted by Crippen LogP contribution is 2.39. The molecule has 44 heavy (non-hydrogen) atoms. The second-order valence-electron chi connectivity index (χ2n) is 12.7. The number of aliphatic carboxylic acids is 1. The number of benzene rings is 2. The first-order chi connectivity index (χ1) is 21.0. The van der Waals surface area contributed by atoms with Crippen molar-refractivity contribution < 1.29 is 38.8 Å². The van der Waals surface area contributed by atoms with Crippen LogP contribution in [0.3, 0.4) is 0 Å². The molecule has 2 fully saturated rings. The Kier molecular flexibility index (Phi) is 11.9. The van der Waals surface area contributed by atoms with Crippen LogP contribution in [-0.4, -0.2) is 63.8 Å². The molecular weight excluding hydrogens is 564 g/mol. The molecule has 0 aliphatic carbocycles. The topological polar surface area (TPSA) is 135 Å². The van der Waals surface area contributed by atoms with Crippen LogP contribution >= 0.6 is 0 Å². The van der Waals surface area contributed by atoms with Crippen LogP contribution in [0, 0.1) is 0 Å². The number of anilines is 1. The lowest BCUT2D eigenvalue weighted by Gasteiger charge is -2.38. The Bertz CT molecular complexity index is 1260. The summed E-state index contributed by atoms with van der Waals surface area (Å²) in [6.45, 7) is 6.92. The van der Waals surface area contributed by atoms with Crippen LogP contribution in [0.5, 0.6) is 0 Å². The Balaban J connectivity index is 1.46. The fraction of sp³-hybridized carbons (Fsp3) is 0.559. The number of aliphatic hydroxyl groups is 1. The van der Waals surface area contributed by atoms with Gasteiger partial charge in [-0.3, -0.25) is 19.3 Å². The first kappa shape index (κ1) is 33.6.